The Balaban J connectivity index is 1.34. The van der Waals surface area contributed by atoms with Gasteiger partial charge in [0, 0.05) is 18.3 Å². The number of para-hydroxylation sites is 1. The molecule has 0 spiro atoms. The van der Waals surface area contributed by atoms with Gasteiger partial charge in [0.05, 0.1) is 5.69 Å². The fraction of sp³-hybridized carbons (Fsp3) is 0.655. The average molecular weight is 455 g/mol. The lowest BCUT2D eigenvalue weighted by atomic mass is 10.0. The summed E-state index contributed by atoms with van der Waals surface area (Å²) in [6, 6.07) is 10.5. The van der Waals surface area contributed by atoms with Crippen LogP contribution in [-0.2, 0) is 11.2 Å². The third-order valence-electron chi connectivity index (χ3n) is 6.54. The summed E-state index contributed by atoms with van der Waals surface area (Å²) in [7, 11) is 0. The highest BCUT2D eigenvalue weighted by molar-refractivity contribution is 5.66. The minimum Gasteiger partial charge on any atom is -0.481 e. The Morgan fingerprint density at radius 1 is 0.727 bits per heavy atom. The van der Waals surface area contributed by atoms with Crippen molar-refractivity contribution < 1.29 is 9.90 Å². The number of aliphatic carboxylic acids is 1. The van der Waals surface area contributed by atoms with Gasteiger partial charge in [-0.3, -0.25) is 4.79 Å². The number of hydrogen-bond donors (Lipinski definition) is 1. The number of imidazole rings is 1. The molecule has 33 heavy (non-hydrogen) atoms. The van der Waals surface area contributed by atoms with Crippen molar-refractivity contribution in [1.29, 1.82) is 0 Å². The third kappa shape index (κ3) is 12.6. The van der Waals surface area contributed by atoms with E-state index < -0.39 is 5.97 Å². The minimum atomic E-state index is -0.659. The van der Waals surface area contributed by atoms with Crippen molar-refractivity contribution >= 4 is 5.97 Å². The zero-order chi connectivity index (χ0) is 23.6. The highest BCUT2D eigenvalue weighted by Crippen LogP contribution is 2.16. The quantitative estimate of drug-likeness (QED) is 0.204. The summed E-state index contributed by atoms with van der Waals surface area (Å²) < 4.78 is 2.19. The molecule has 0 unspecified atom stereocenters. The summed E-state index contributed by atoms with van der Waals surface area (Å²) in [6.07, 6.45) is 24.3. The van der Waals surface area contributed by atoms with Crippen LogP contribution in [0.1, 0.15) is 121 Å². The Bertz CT molecular complexity index is 754. The van der Waals surface area contributed by atoms with Gasteiger partial charge in [0.25, 0.3) is 0 Å². The lowest BCUT2D eigenvalue weighted by Gasteiger charge is -2.04. The van der Waals surface area contributed by atoms with Crippen molar-refractivity contribution in [2.45, 2.75) is 122 Å². The van der Waals surface area contributed by atoms with E-state index in [9.17, 15) is 4.79 Å². The van der Waals surface area contributed by atoms with Gasteiger partial charge in [-0.1, -0.05) is 108 Å². The molecule has 0 amide bonds. The molecular weight excluding hydrogens is 408 g/mol. The molecule has 0 aliphatic carbocycles. The molecule has 1 N–H and O–H groups in total. The summed E-state index contributed by atoms with van der Waals surface area (Å²) in [6.45, 7) is 2.09. The van der Waals surface area contributed by atoms with Gasteiger partial charge in [-0.2, -0.15) is 0 Å². The van der Waals surface area contributed by atoms with Crippen molar-refractivity contribution in [3.05, 3.63) is 48.0 Å². The van der Waals surface area contributed by atoms with E-state index in [1.54, 1.807) is 0 Å². The molecule has 4 heteroatoms. The second-order valence-electron chi connectivity index (χ2n) is 9.54. The van der Waals surface area contributed by atoms with Crippen LogP contribution in [0.25, 0.3) is 5.69 Å². The zero-order valence-electron chi connectivity index (χ0n) is 20.9. The summed E-state index contributed by atoms with van der Waals surface area (Å²) in [5.41, 5.74) is 2.41. The highest BCUT2D eigenvalue weighted by atomic mass is 16.4. The normalized spacial score (nSPS) is 11.2. The number of unbranched alkanes of at least 4 members (excludes halogenated alkanes) is 15. The first-order chi connectivity index (χ1) is 16.2. The third-order valence-corrected chi connectivity index (χ3v) is 6.54. The fourth-order valence-corrected chi connectivity index (χ4v) is 4.56. The van der Waals surface area contributed by atoms with Crippen molar-refractivity contribution in [3.63, 3.8) is 0 Å². The summed E-state index contributed by atoms with van der Waals surface area (Å²) in [5.74, 6) is 0.414. The Hall–Kier alpha value is -2.10. The van der Waals surface area contributed by atoms with Crippen LogP contribution in [0.3, 0.4) is 0 Å². The van der Waals surface area contributed by atoms with Gasteiger partial charge in [0.1, 0.15) is 5.82 Å². The van der Waals surface area contributed by atoms with Crippen LogP contribution < -0.4 is 0 Å². The first-order valence-corrected chi connectivity index (χ1v) is 13.5. The van der Waals surface area contributed by atoms with Gasteiger partial charge in [0.2, 0.25) is 0 Å². The zero-order valence-corrected chi connectivity index (χ0v) is 20.9. The van der Waals surface area contributed by atoms with Gasteiger partial charge >= 0.3 is 5.97 Å². The number of hydrogen-bond acceptors (Lipinski definition) is 2. The van der Waals surface area contributed by atoms with E-state index >= 15 is 0 Å². The number of benzene rings is 1. The maximum absolute atomic E-state index is 10.5. The molecule has 1 aromatic carbocycles. The number of carboxylic acids is 1. The molecule has 0 fully saturated rings. The molecule has 2 aromatic rings. The van der Waals surface area contributed by atoms with Gasteiger partial charge in [-0.15, -0.1) is 0 Å². The highest BCUT2D eigenvalue weighted by Gasteiger charge is 2.05. The Morgan fingerprint density at radius 2 is 1.18 bits per heavy atom. The Labute approximate surface area is 201 Å². The maximum Gasteiger partial charge on any atom is 0.303 e. The average Bonchev–Trinajstić information content (AvgIpc) is 3.19. The molecule has 4 nitrogen and oxygen atoms in total. The lowest BCUT2D eigenvalue weighted by molar-refractivity contribution is -0.137. The van der Waals surface area contributed by atoms with E-state index in [0.717, 1.165) is 25.1 Å². The lowest BCUT2D eigenvalue weighted by Crippen LogP contribution is -1.93. The van der Waals surface area contributed by atoms with Crippen molar-refractivity contribution in [1.82, 2.24) is 9.55 Å². The minimum absolute atomic E-state index is 0.334. The van der Waals surface area contributed by atoms with E-state index in [1.807, 2.05) is 0 Å². The molecule has 0 aliphatic rings. The second kappa shape index (κ2) is 17.4. The molecule has 0 atom stereocenters. The number of nitrogens with zero attached hydrogens (tertiary/aromatic N) is 2. The van der Waals surface area contributed by atoms with Crippen LogP contribution in [0.2, 0.25) is 0 Å². The summed E-state index contributed by atoms with van der Waals surface area (Å²) in [5, 5.41) is 8.61. The van der Waals surface area contributed by atoms with Crippen molar-refractivity contribution in [2.24, 2.45) is 0 Å². The smallest absolute Gasteiger partial charge is 0.303 e. The number of aromatic nitrogens is 2. The predicted octanol–water partition coefficient (Wildman–Crippen LogP) is 8.44. The van der Waals surface area contributed by atoms with E-state index in [1.165, 1.54) is 101 Å². The Morgan fingerprint density at radius 3 is 1.67 bits per heavy atom. The fourth-order valence-electron chi connectivity index (χ4n) is 4.56. The molecule has 1 heterocycles. The van der Waals surface area contributed by atoms with Crippen LogP contribution in [-0.4, -0.2) is 20.6 Å². The molecule has 184 valence electrons. The standard InChI is InChI=1S/C29H46N2O2/c1-26-30-27(25-31(26)28-22-18-16-19-23-28)21-17-14-12-10-8-6-4-2-3-5-7-9-11-13-15-20-24-29(32)33/h16,18-19,22-23,25H,2-15,17,20-21,24H2,1H3,(H,32,33). The van der Waals surface area contributed by atoms with Gasteiger partial charge in [0.15, 0.2) is 0 Å². The van der Waals surface area contributed by atoms with E-state index in [4.69, 9.17) is 10.1 Å². The maximum atomic E-state index is 10.5. The summed E-state index contributed by atoms with van der Waals surface area (Å²) in [4.78, 5) is 15.2. The van der Waals surface area contributed by atoms with Gasteiger partial charge in [-0.05, 0) is 38.3 Å². The topological polar surface area (TPSA) is 55.1 Å². The first-order valence-electron chi connectivity index (χ1n) is 13.5. The number of carboxylic acid groups (broad SMARTS) is 1. The second-order valence-corrected chi connectivity index (χ2v) is 9.54. The SMILES string of the molecule is Cc1nc(CCCCCCCCCCCCCCCCCCC(=O)O)cn1-c1ccccc1. The van der Waals surface area contributed by atoms with Crippen LogP contribution >= 0.6 is 0 Å². The first kappa shape index (κ1) is 27.1. The molecule has 0 aliphatic heterocycles. The predicted molar refractivity (Wildman–Crippen MR) is 138 cm³/mol. The van der Waals surface area contributed by atoms with Crippen molar-refractivity contribution in [3.8, 4) is 5.69 Å². The number of aryl methyl sites for hydroxylation is 2. The van der Waals surface area contributed by atoms with E-state index in [0.29, 0.717) is 6.42 Å². The molecule has 1 aromatic heterocycles. The summed E-state index contributed by atoms with van der Waals surface area (Å²) >= 11 is 0. The van der Waals surface area contributed by atoms with E-state index in [2.05, 4.69) is 48.0 Å². The van der Waals surface area contributed by atoms with Gasteiger partial charge < -0.3 is 9.67 Å². The van der Waals surface area contributed by atoms with Crippen LogP contribution in [0.15, 0.2) is 36.5 Å². The number of rotatable bonds is 20. The molecule has 0 saturated carbocycles. The molecule has 2 rings (SSSR count). The molecular formula is C29H46N2O2. The van der Waals surface area contributed by atoms with E-state index in [-0.39, 0.29) is 0 Å². The monoisotopic (exact) mass is 454 g/mol. The van der Waals surface area contributed by atoms with Gasteiger partial charge in [-0.25, -0.2) is 4.98 Å². The van der Waals surface area contributed by atoms with Crippen LogP contribution in [0.5, 0.6) is 0 Å². The molecule has 0 radical (unpaired) electrons. The van der Waals surface area contributed by atoms with Crippen LogP contribution in [0.4, 0.5) is 0 Å². The Kier molecular flexibility index (Phi) is 14.3. The van der Waals surface area contributed by atoms with Crippen LogP contribution in [0, 0.1) is 6.92 Å². The van der Waals surface area contributed by atoms with Crippen molar-refractivity contribution in [2.75, 3.05) is 0 Å². The number of carbonyl (C=O) groups is 1. The largest absolute Gasteiger partial charge is 0.481 e. The molecule has 0 bridgehead atoms. The molecule has 0 saturated heterocycles.